The summed E-state index contributed by atoms with van der Waals surface area (Å²) in [7, 11) is 0. The third-order valence-corrected chi connectivity index (χ3v) is 1.58. The van der Waals surface area contributed by atoms with Crippen LogP contribution in [0.1, 0.15) is 5.89 Å². The Labute approximate surface area is 80.2 Å². The van der Waals surface area contributed by atoms with E-state index in [1.807, 2.05) is 0 Å². The molecule has 0 spiro atoms. The first-order valence-electron chi connectivity index (χ1n) is 4.14. The Kier molecular flexibility index (Phi) is 2.42. The molecule has 0 atom stereocenters. The predicted octanol–water partition coefficient (Wildman–Crippen LogP) is 1.30. The van der Waals surface area contributed by atoms with E-state index in [-0.39, 0.29) is 0 Å². The first-order chi connectivity index (χ1) is 6.90. The van der Waals surface area contributed by atoms with E-state index in [9.17, 15) is 0 Å². The molecule has 2 heterocycles. The van der Waals surface area contributed by atoms with E-state index in [1.165, 1.54) is 0 Å². The Morgan fingerprint density at radius 1 is 1.50 bits per heavy atom. The molecule has 2 aromatic heterocycles. The van der Waals surface area contributed by atoms with Crippen molar-refractivity contribution >= 4 is 6.08 Å². The van der Waals surface area contributed by atoms with Gasteiger partial charge in [0.2, 0.25) is 5.82 Å². The zero-order chi connectivity index (χ0) is 9.80. The summed E-state index contributed by atoms with van der Waals surface area (Å²) in [4.78, 5) is 4.08. The van der Waals surface area contributed by atoms with Crippen molar-refractivity contribution in [3.8, 4) is 11.6 Å². The van der Waals surface area contributed by atoms with Gasteiger partial charge in [-0.2, -0.15) is 4.98 Å². The van der Waals surface area contributed by atoms with E-state index in [4.69, 9.17) is 14.7 Å². The highest BCUT2D eigenvalue weighted by Gasteiger charge is 2.07. The SMILES string of the molecule is NC/C=C/c1nc(-c2ccco2)no1. The second-order valence-electron chi connectivity index (χ2n) is 2.57. The normalized spacial score (nSPS) is 11.2. The Hall–Kier alpha value is -1.88. The molecule has 0 saturated heterocycles. The zero-order valence-corrected chi connectivity index (χ0v) is 7.38. The minimum absolute atomic E-state index is 0.418. The van der Waals surface area contributed by atoms with Crippen molar-refractivity contribution in [2.24, 2.45) is 5.73 Å². The quantitative estimate of drug-likeness (QED) is 0.791. The van der Waals surface area contributed by atoms with Crippen molar-refractivity contribution in [3.05, 3.63) is 30.4 Å². The molecule has 0 fully saturated rings. The van der Waals surface area contributed by atoms with Crippen LogP contribution in [0.5, 0.6) is 0 Å². The lowest BCUT2D eigenvalue weighted by Crippen LogP contribution is -1.91. The smallest absolute Gasteiger partial charge is 0.250 e. The molecule has 2 N–H and O–H groups in total. The van der Waals surface area contributed by atoms with Crippen molar-refractivity contribution in [3.63, 3.8) is 0 Å². The summed E-state index contributed by atoms with van der Waals surface area (Å²) in [5.74, 6) is 1.44. The van der Waals surface area contributed by atoms with Crippen molar-refractivity contribution in [2.75, 3.05) is 6.54 Å². The first-order valence-corrected chi connectivity index (χ1v) is 4.14. The summed E-state index contributed by atoms with van der Waals surface area (Å²) < 4.78 is 10.0. The molecule has 0 aliphatic heterocycles. The average Bonchev–Trinajstić information content (AvgIpc) is 2.85. The summed E-state index contributed by atoms with van der Waals surface area (Å²) >= 11 is 0. The lowest BCUT2D eigenvalue weighted by molar-refractivity contribution is 0.409. The van der Waals surface area contributed by atoms with Crippen LogP contribution >= 0.6 is 0 Å². The lowest BCUT2D eigenvalue weighted by atomic mass is 10.4. The van der Waals surface area contributed by atoms with Gasteiger partial charge in [-0.3, -0.25) is 0 Å². The van der Waals surface area contributed by atoms with Crippen LogP contribution in [-0.2, 0) is 0 Å². The van der Waals surface area contributed by atoms with Crippen LogP contribution in [0.4, 0.5) is 0 Å². The molecule has 5 heteroatoms. The number of rotatable bonds is 3. The van der Waals surface area contributed by atoms with Crippen LogP contribution in [0.25, 0.3) is 17.7 Å². The van der Waals surface area contributed by atoms with Crippen molar-refractivity contribution in [1.82, 2.24) is 10.1 Å². The molecule has 2 aromatic rings. The second kappa shape index (κ2) is 3.89. The third-order valence-electron chi connectivity index (χ3n) is 1.58. The van der Waals surface area contributed by atoms with Crippen LogP contribution in [0.2, 0.25) is 0 Å². The van der Waals surface area contributed by atoms with E-state index < -0.39 is 0 Å². The molecule has 72 valence electrons. The number of aromatic nitrogens is 2. The van der Waals surface area contributed by atoms with Gasteiger partial charge in [0, 0.05) is 12.6 Å². The van der Waals surface area contributed by atoms with Gasteiger partial charge in [-0.1, -0.05) is 11.2 Å². The number of hydrogen-bond donors (Lipinski definition) is 1. The van der Waals surface area contributed by atoms with Crippen LogP contribution in [0.15, 0.2) is 33.4 Å². The standard InChI is InChI=1S/C9H9N3O2/c10-5-1-4-8-11-9(12-14-8)7-3-2-6-13-7/h1-4,6H,5,10H2/b4-1+. The average molecular weight is 191 g/mol. The van der Waals surface area contributed by atoms with Gasteiger partial charge in [0.05, 0.1) is 6.26 Å². The molecular formula is C9H9N3O2. The van der Waals surface area contributed by atoms with Gasteiger partial charge in [-0.05, 0) is 12.1 Å². The highest BCUT2D eigenvalue weighted by molar-refractivity contribution is 5.48. The van der Waals surface area contributed by atoms with E-state index in [0.717, 1.165) is 0 Å². The minimum atomic E-state index is 0.418. The molecule has 0 unspecified atom stereocenters. The van der Waals surface area contributed by atoms with Crippen LogP contribution in [0, 0.1) is 0 Å². The van der Waals surface area contributed by atoms with Gasteiger partial charge in [-0.25, -0.2) is 0 Å². The van der Waals surface area contributed by atoms with E-state index in [1.54, 1.807) is 30.5 Å². The monoisotopic (exact) mass is 191 g/mol. The molecule has 14 heavy (non-hydrogen) atoms. The zero-order valence-electron chi connectivity index (χ0n) is 7.38. The molecule has 5 nitrogen and oxygen atoms in total. The largest absolute Gasteiger partial charge is 0.461 e. The van der Waals surface area contributed by atoms with Gasteiger partial charge in [0.15, 0.2) is 5.76 Å². The van der Waals surface area contributed by atoms with E-state index >= 15 is 0 Å². The minimum Gasteiger partial charge on any atom is -0.461 e. The van der Waals surface area contributed by atoms with Crippen LogP contribution in [-0.4, -0.2) is 16.7 Å². The molecule has 0 aliphatic carbocycles. The third kappa shape index (κ3) is 1.72. The molecule has 2 rings (SSSR count). The fourth-order valence-electron chi connectivity index (χ4n) is 0.978. The maximum Gasteiger partial charge on any atom is 0.250 e. The fourth-order valence-corrected chi connectivity index (χ4v) is 0.978. The maximum absolute atomic E-state index is 5.28. The van der Waals surface area contributed by atoms with Crippen molar-refractivity contribution in [2.45, 2.75) is 0 Å². The summed E-state index contributed by atoms with van der Waals surface area (Å²) in [5, 5.41) is 3.74. The van der Waals surface area contributed by atoms with Gasteiger partial charge in [0.25, 0.3) is 5.89 Å². The molecule has 0 aliphatic rings. The molecule has 0 radical (unpaired) electrons. The fraction of sp³-hybridized carbons (Fsp3) is 0.111. The van der Waals surface area contributed by atoms with E-state index in [2.05, 4.69) is 10.1 Å². The van der Waals surface area contributed by atoms with Gasteiger partial charge in [-0.15, -0.1) is 0 Å². The predicted molar refractivity (Wildman–Crippen MR) is 50.1 cm³/mol. The molecular weight excluding hydrogens is 182 g/mol. The van der Waals surface area contributed by atoms with Gasteiger partial charge in [0.1, 0.15) is 0 Å². The maximum atomic E-state index is 5.28. The molecule has 0 aromatic carbocycles. The first kappa shape index (κ1) is 8.71. The highest BCUT2D eigenvalue weighted by atomic mass is 16.5. The Balaban J connectivity index is 2.22. The van der Waals surface area contributed by atoms with Crippen LogP contribution in [0.3, 0.4) is 0 Å². The topological polar surface area (TPSA) is 78.1 Å². The number of hydrogen-bond acceptors (Lipinski definition) is 5. The van der Waals surface area contributed by atoms with Gasteiger partial charge < -0.3 is 14.7 Å². The van der Waals surface area contributed by atoms with Crippen molar-refractivity contribution in [1.29, 1.82) is 0 Å². The van der Waals surface area contributed by atoms with Crippen molar-refractivity contribution < 1.29 is 8.94 Å². The highest BCUT2D eigenvalue weighted by Crippen LogP contribution is 2.15. The molecule has 0 bridgehead atoms. The Morgan fingerprint density at radius 2 is 2.43 bits per heavy atom. The second-order valence-corrected chi connectivity index (χ2v) is 2.57. The summed E-state index contributed by atoms with van der Waals surface area (Å²) in [6.45, 7) is 0.443. The number of nitrogens with zero attached hydrogens (tertiary/aromatic N) is 2. The van der Waals surface area contributed by atoms with Crippen LogP contribution < -0.4 is 5.73 Å². The summed E-state index contributed by atoms with van der Waals surface area (Å²) in [6.07, 6.45) is 4.96. The summed E-state index contributed by atoms with van der Waals surface area (Å²) in [5.41, 5.74) is 5.28. The Morgan fingerprint density at radius 3 is 3.14 bits per heavy atom. The lowest BCUT2D eigenvalue weighted by Gasteiger charge is -1.81. The molecule has 0 saturated carbocycles. The van der Waals surface area contributed by atoms with E-state index in [0.29, 0.717) is 24.0 Å². The Bertz CT molecular complexity index is 417. The number of furan rings is 1. The summed E-state index contributed by atoms with van der Waals surface area (Å²) in [6, 6.07) is 3.53. The molecule has 0 amide bonds. The number of nitrogens with two attached hydrogens (primary N) is 1. The van der Waals surface area contributed by atoms with Gasteiger partial charge >= 0.3 is 0 Å².